The summed E-state index contributed by atoms with van der Waals surface area (Å²) in [6.07, 6.45) is 0. The van der Waals surface area contributed by atoms with Gasteiger partial charge in [-0.2, -0.15) is 11.8 Å². The number of amides is 1. The first kappa shape index (κ1) is 13.0. The molecule has 88 valence electrons. The van der Waals surface area contributed by atoms with Crippen molar-refractivity contribution in [2.75, 3.05) is 11.0 Å². The average molecular weight is 248 g/mol. The van der Waals surface area contributed by atoms with Gasteiger partial charge in [0.1, 0.15) is 0 Å². The lowest BCUT2D eigenvalue weighted by Crippen LogP contribution is -2.18. The SMILES string of the molecule is CC(=O)Nc1ccc(SC[B-](F)(F)F)cc1. The molecule has 0 aliphatic rings. The normalized spacial score (nSPS) is 11.2. The van der Waals surface area contributed by atoms with Crippen LogP contribution in [0.3, 0.4) is 0 Å². The molecule has 7 heteroatoms. The quantitative estimate of drug-likeness (QED) is 0.655. The van der Waals surface area contributed by atoms with Crippen LogP contribution in [0.2, 0.25) is 0 Å². The fourth-order valence-electron chi connectivity index (χ4n) is 1.03. The van der Waals surface area contributed by atoms with E-state index in [-0.39, 0.29) is 5.91 Å². The molecule has 0 aliphatic heterocycles. The number of hydrogen-bond donors (Lipinski definition) is 1. The number of nitrogens with one attached hydrogen (secondary N) is 1. The van der Waals surface area contributed by atoms with Crippen LogP contribution in [-0.2, 0) is 4.79 Å². The van der Waals surface area contributed by atoms with Gasteiger partial charge in [-0.1, -0.05) is 0 Å². The maximum Gasteiger partial charge on any atom is 0.488 e. The zero-order valence-electron chi connectivity index (χ0n) is 8.54. The van der Waals surface area contributed by atoms with E-state index in [0.29, 0.717) is 10.6 Å². The third kappa shape index (κ3) is 5.11. The molecule has 0 fully saturated rings. The molecule has 16 heavy (non-hydrogen) atoms. The first-order valence-electron chi connectivity index (χ1n) is 4.58. The van der Waals surface area contributed by atoms with E-state index >= 15 is 0 Å². The second-order valence-electron chi connectivity index (χ2n) is 3.23. The molecule has 0 saturated carbocycles. The van der Waals surface area contributed by atoms with Crippen molar-refractivity contribution in [1.82, 2.24) is 0 Å². The van der Waals surface area contributed by atoms with Gasteiger partial charge in [0, 0.05) is 17.5 Å². The van der Waals surface area contributed by atoms with Gasteiger partial charge < -0.3 is 18.3 Å². The van der Waals surface area contributed by atoms with Gasteiger partial charge in [-0.25, -0.2) is 0 Å². The van der Waals surface area contributed by atoms with Gasteiger partial charge in [0.25, 0.3) is 0 Å². The predicted octanol–water partition coefficient (Wildman–Crippen LogP) is 3.12. The van der Waals surface area contributed by atoms with Gasteiger partial charge in [0.2, 0.25) is 5.91 Å². The third-order valence-electron chi connectivity index (χ3n) is 1.61. The van der Waals surface area contributed by atoms with Crippen LogP contribution in [0.5, 0.6) is 0 Å². The lowest BCUT2D eigenvalue weighted by atomic mass is 9.98. The Kier molecular flexibility index (Phi) is 4.29. The summed E-state index contributed by atoms with van der Waals surface area (Å²) >= 11 is 0.745. The number of hydrogen-bond acceptors (Lipinski definition) is 2. The van der Waals surface area contributed by atoms with Crippen LogP contribution >= 0.6 is 11.8 Å². The standard InChI is InChI=1S/C9H10BF3NOS/c1-7(15)14-8-2-4-9(5-3-8)16-6-10(11,12)13/h2-5H,6H2,1H3,(H,14,15)/q-1. The smallest absolute Gasteiger partial charge is 0.448 e. The first-order valence-corrected chi connectivity index (χ1v) is 5.57. The highest BCUT2D eigenvalue weighted by Crippen LogP contribution is 2.25. The van der Waals surface area contributed by atoms with E-state index in [4.69, 9.17) is 0 Å². The molecule has 0 atom stereocenters. The topological polar surface area (TPSA) is 29.1 Å². The van der Waals surface area contributed by atoms with E-state index in [9.17, 15) is 17.7 Å². The average Bonchev–Trinajstić information content (AvgIpc) is 2.14. The Labute approximate surface area is 95.7 Å². The molecule has 1 amide bonds. The summed E-state index contributed by atoms with van der Waals surface area (Å²) in [4.78, 5) is 11.2. The van der Waals surface area contributed by atoms with Crippen molar-refractivity contribution in [1.29, 1.82) is 0 Å². The number of benzene rings is 1. The molecule has 1 N–H and O–H groups in total. The summed E-state index contributed by atoms with van der Waals surface area (Å²) in [5, 5.41) is 2.54. The summed E-state index contributed by atoms with van der Waals surface area (Å²) in [6.45, 7) is -3.39. The van der Waals surface area contributed by atoms with E-state index in [1.165, 1.54) is 6.92 Å². The molecule has 0 bridgehead atoms. The molecule has 2 nitrogen and oxygen atoms in total. The third-order valence-corrected chi connectivity index (χ3v) is 2.76. The number of halogens is 3. The van der Waals surface area contributed by atoms with Crippen molar-refractivity contribution >= 4 is 30.3 Å². The van der Waals surface area contributed by atoms with Gasteiger partial charge in [-0.05, 0) is 29.9 Å². The maximum atomic E-state index is 12.0. The summed E-state index contributed by atoms with van der Waals surface area (Å²) in [6, 6.07) is 6.26. The number of carbonyl (C=O) groups is 1. The molecule has 1 rings (SSSR count). The number of thioether (sulfide) groups is 1. The molecule has 1 aromatic rings. The van der Waals surface area contributed by atoms with Crippen LogP contribution in [0.25, 0.3) is 0 Å². The monoisotopic (exact) mass is 248 g/mol. The van der Waals surface area contributed by atoms with Gasteiger partial charge in [0.05, 0.1) is 0 Å². The second kappa shape index (κ2) is 5.29. The molecule has 1 aromatic carbocycles. The van der Waals surface area contributed by atoms with Crippen LogP contribution in [0.15, 0.2) is 29.2 Å². The minimum atomic E-state index is -4.76. The lowest BCUT2D eigenvalue weighted by Gasteiger charge is -2.12. The summed E-state index contributed by atoms with van der Waals surface area (Å²) in [5.41, 5.74) is -0.270. The number of anilines is 1. The summed E-state index contributed by atoms with van der Waals surface area (Å²) in [7, 11) is 0. The second-order valence-corrected chi connectivity index (χ2v) is 4.32. The van der Waals surface area contributed by atoms with E-state index in [1.807, 2.05) is 0 Å². The molecule has 0 radical (unpaired) electrons. The van der Waals surface area contributed by atoms with Crippen LogP contribution in [-0.4, -0.2) is 18.5 Å². The molecular formula is C9H10BF3NOS-. The molecule has 0 unspecified atom stereocenters. The number of carbonyl (C=O) groups excluding carboxylic acids is 1. The van der Waals surface area contributed by atoms with Crippen molar-refractivity contribution in [2.45, 2.75) is 11.8 Å². The Morgan fingerprint density at radius 1 is 1.31 bits per heavy atom. The van der Waals surface area contributed by atoms with Gasteiger partial charge >= 0.3 is 6.98 Å². The molecule has 0 aliphatic carbocycles. The van der Waals surface area contributed by atoms with E-state index < -0.39 is 12.6 Å². The predicted molar refractivity (Wildman–Crippen MR) is 60.5 cm³/mol. The molecule has 0 aromatic heterocycles. The van der Waals surface area contributed by atoms with Gasteiger partial charge in [-0.15, -0.1) is 0 Å². The largest absolute Gasteiger partial charge is 0.488 e. The van der Waals surface area contributed by atoms with Gasteiger partial charge in [-0.3, -0.25) is 4.79 Å². The number of rotatable bonds is 4. The highest BCUT2D eigenvalue weighted by molar-refractivity contribution is 8.00. The highest BCUT2D eigenvalue weighted by atomic mass is 32.2. The van der Waals surface area contributed by atoms with E-state index in [1.54, 1.807) is 24.3 Å². The van der Waals surface area contributed by atoms with E-state index in [0.717, 1.165) is 11.8 Å². The Morgan fingerprint density at radius 2 is 1.88 bits per heavy atom. The highest BCUT2D eigenvalue weighted by Gasteiger charge is 2.22. The Hall–Kier alpha value is -1.11. The van der Waals surface area contributed by atoms with Crippen LogP contribution in [0.1, 0.15) is 6.92 Å². The maximum absolute atomic E-state index is 12.0. The Balaban J connectivity index is 2.55. The fraction of sp³-hybridized carbons (Fsp3) is 0.222. The minimum Gasteiger partial charge on any atom is -0.448 e. The zero-order valence-corrected chi connectivity index (χ0v) is 9.36. The van der Waals surface area contributed by atoms with E-state index in [2.05, 4.69) is 5.32 Å². The van der Waals surface area contributed by atoms with Crippen LogP contribution in [0, 0.1) is 0 Å². The van der Waals surface area contributed by atoms with Crippen molar-refractivity contribution in [3.63, 3.8) is 0 Å². The van der Waals surface area contributed by atoms with Crippen molar-refractivity contribution < 1.29 is 17.7 Å². The van der Waals surface area contributed by atoms with Crippen LogP contribution in [0.4, 0.5) is 18.6 Å². The van der Waals surface area contributed by atoms with Crippen LogP contribution < -0.4 is 5.32 Å². The molecule has 0 spiro atoms. The molecule has 0 heterocycles. The minimum absolute atomic E-state index is 0.209. The zero-order chi connectivity index (χ0) is 12.2. The van der Waals surface area contributed by atoms with Crippen molar-refractivity contribution in [3.8, 4) is 0 Å². The Morgan fingerprint density at radius 3 is 2.31 bits per heavy atom. The fourth-order valence-corrected chi connectivity index (χ4v) is 1.74. The lowest BCUT2D eigenvalue weighted by molar-refractivity contribution is -0.114. The Bertz CT molecular complexity index is 366. The van der Waals surface area contributed by atoms with Crippen molar-refractivity contribution in [3.05, 3.63) is 24.3 Å². The van der Waals surface area contributed by atoms with Gasteiger partial charge in [0.15, 0.2) is 0 Å². The summed E-state index contributed by atoms with van der Waals surface area (Å²) < 4.78 is 35.9. The molecule has 0 saturated heterocycles. The molecular weight excluding hydrogens is 238 g/mol. The first-order chi connectivity index (χ1) is 7.37. The summed E-state index contributed by atoms with van der Waals surface area (Å²) in [5.74, 6) is -0.209. The van der Waals surface area contributed by atoms with Crippen molar-refractivity contribution in [2.24, 2.45) is 0 Å².